The van der Waals surface area contributed by atoms with Crippen molar-refractivity contribution < 1.29 is 23.2 Å². The van der Waals surface area contributed by atoms with E-state index in [0.29, 0.717) is 12.3 Å². The fourth-order valence-corrected chi connectivity index (χ4v) is 11.3. The van der Waals surface area contributed by atoms with Gasteiger partial charge in [0.05, 0.1) is 12.7 Å². The first-order valence-corrected chi connectivity index (χ1v) is 20.3. The number of nitrogens with one attached hydrogen (secondary N) is 1. The standard InChI is InChI=1S/C26H44FN2O6PS2Si/c1-15(2)17-10-11-26(7,19(30)12-17)38-36(37)33-14-18-21(35-39(8,9)25(4,5)6)20(27)23(34-18)29-13-16(3)22(31)28-24(29)32/h13,17-21,23,30,36H,1,10-12,14H2,2-9H3,(H,28,31,32)/t17-,18+,19+,20+,21?,23+,26+/m0/s1. The van der Waals surface area contributed by atoms with E-state index in [-0.39, 0.29) is 17.2 Å². The number of aryl methyl sites for hydroxylation is 1. The Kier molecular flexibility index (Phi) is 10.4. The predicted octanol–water partition coefficient (Wildman–Crippen LogP) is 5.22. The van der Waals surface area contributed by atoms with Crippen LogP contribution >= 0.6 is 17.5 Å². The average molecular weight is 623 g/mol. The molecular weight excluding hydrogens is 578 g/mol. The van der Waals surface area contributed by atoms with Gasteiger partial charge in [0.2, 0.25) is 0 Å². The van der Waals surface area contributed by atoms with Gasteiger partial charge in [-0.15, -0.1) is 0 Å². The highest BCUT2D eigenvalue weighted by molar-refractivity contribution is 8.63. The zero-order valence-corrected chi connectivity index (χ0v) is 27.8. The third-order valence-corrected chi connectivity index (χ3v) is 17.8. The molecule has 0 spiro atoms. The molecule has 222 valence electrons. The number of hydrogen-bond acceptors (Lipinski definition) is 8. The zero-order chi connectivity index (χ0) is 29.5. The minimum Gasteiger partial charge on any atom is -0.408 e. The van der Waals surface area contributed by atoms with Crippen LogP contribution in [-0.2, 0) is 25.5 Å². The molecular formula is C26H44FN2O6PS2Si. The Morgan fingerprint density at radius 1 is 1.44 bits per heavy atom. The summed E-state index contributed by atoms with van der Waals surface area (Å²) < 4.78 is 35.3. The maximum Gasteiger partial charge on any atom is 0.330 e. The third kappa shape index (κ3) is 7.44. The van der Waals surface area contributed by atoms with Gasteiger partial charge in [-0.1, -0.05) is 56.1 Å². The van der Waals surface area contributed by atoms with Gasteiger partial charge in [-0.2, -0.15) is 0 Å². The summed E-state index contributed by atoms with van der Waals surface area (Å²) in [5, 5.41) is 10.7. The van der Waals surface area contributed by atoms with E-state index in [2.05, 4.69) is 32.3 Å². The molecule has 1 aromatic heterocycles. The number of aliphatic hydroxyl groups excluding tert-OH is 1. The first-order chi connectivity index (χ1) is 17.9. The molecule has 2 fully saturated rings. The van der Waals surface area contributed by atoms with Crippen LogP contribution in [0.5, 0.6) is 0 Å². The summed E-state index contributed by atoms with van der Waals surface area (Å²) in [7, 11) is -2.43. The van der Waals surface area contributed by atoms with Gasteiger partial charge in [0, 0.05) is 16.5 Å². The fraction of sp³-hybridized carbons (Fsp3) is 0.769. The van der Waals surface area contributed by atoms with E-state index in [4.69, 9.17) is 25.5 Å². The third-order valence-electron chi connectivity index (χ3n) is 8.50. The zero-order valence-electron chi connectivity index (χ0n) is 24.2. The Hall–Kier alpha value is -0.593. The van der Waals surface area contributed by atoms with E-state index < -0.39 is 61.2 Å². The maximum absolute atomic E-state index is 16.0. The van der Waals surface area contributed by atoms with Crippen LogP contribution in [0.2, 0.25) is 18.1 Å². The number of H-pyrrole nitrogens is 1. The Morgan fingerprint density at radius 3 is 2.64 bits per heavy atom. The highest BCUT2D eigenvalue weighted by atomic mass is 32.9. The van der Waals surface area contributed by atoms with Gasteiger partial charge >= 0.3 is 5.69 Å². The molecule has 8 atom stereocenters. The summed E-state index contributed by atoms with van der Waals surface area (Å²) in [5.41, 5.74) is 0.0795. The summed E-state index contributed by atoms with van der Waals surface area (Å²) in [4.78, 5) is 26.7. The predicted molar refractivity (Wildman–Crippen MR) is 163 cm³/mol. The van der Waals surface area contributed by atoms with Crippen molar-refractivity contribution in [3.8, 4) is 0 Å². The summed E-state index contributed by atoms with van der Waals surface area (Å²) in [6.07, 6.45) is -3.42. The molecule has 0 bridgehead atoms. The van der Waals surface area contributed by atoms with Crippen LogP contribution in [0.15, 0.2) is 27.9 Å². The second-order valence-corrected chi connectivity index (χ2v) is 22.9. The van der Waals surface area contributed by atoms with E-state index in [9.17, 15) is 14.7 Å². The monoisotopic (exact) mass is 622 g/mol. The highest BCUT2D eigenvalue weighted by Crippen LogP contribution is 2.55. The number of alkyl halides is 1. The summed E-state index contributed by atoms with van der Waals surface area (Å²) in [6, 6.07) is 0. The number of aliphatic hydroxyl groups is 1. The lowest BCUT2D eigenvalue weighted by molar-refractivity contribution is -0.0414. The van der Waals surface area contributed by atoms with Crippen LogP contribution in [0, 0.1) is 12.8 Å². The first kappa shape index (κ1) is 32.9. The molecule has 39 heavy (non-hydrogen) atoms. The Bertz CT molecular complexity index is 1200. The molecule has 1 saturated heterocycles. The summed E-state index contributed by atoms with van der Waals surface area (Å²) >= 11 is 7.20. The molecule has 2 unspecified atom stereocenters. The van der Waals surface area contributed by atoms with Gasteiger partial charge in [-0.25, -0.2) is 9.18 Å². The van der Waals surface area contributed by atoms with E-state index in [1.807, 2.05) is 26.9 Å². The molecule has 2 heterocycles. The number of allylic oxidation sites excluding steroid dienone is 1. The molecule has 8 nitrogen and oxygen atoms in total. The fourth-order valence-electron chi connectivity index (χ4n) is 4.69. The number of ether oxygens (including phenoxy) is 1. The van der Waals surface area contributed by atoms with Crippen molar-refractivity contribution in [2.75, 3.05) is 6.61 Å². The smallest absolute Gasteiger partial charge is 0.330 e. The van der Waals surface area contributed by atoms with Crippen molar-refractivity contribution in [1.29, 1.82) is 0 Å². The van der Waals surface area contributed by atoms with Crippen molar-refractivity contribution >= 4 is 37.6 Å². The van der Waals surface area contributed by atoms with Gasteiger partial charge in [-0.3, -0.25) is 14.3 Å². The van der Waals surface area contributed by atoms with Crippen LogP contribution in [0.25, 0.3) is 0 Å². The van der Waals surface area contributed by atoms with Gasteiger partial charge in [0.15, 0.2) is 20.7 Å². The maximum atomic E-state index is 16.0. The van der Waals surface area contributed by atoms with Crippen LogP contribution in [-0.4, -0.2) is 58.8 Å². The minimum atomic E-state index is -2.43. The second kappa shape index (κ2) is 12.3. The molecule has 2 N–H and O–H groups in total. The molecule has 13 heteroatoms. The number of halogens is 1. The lowest BCUT2D eigenvalue weighted by atomic mass is 9.77. The average Bonchev–Trinajstić information content (AvgIpc) is 3.10. The van der Waals surface area contributed by atoms with Crippen LogP contribution in [0.1, 0.15) is 65.7 Å². The molecule has 1 aliphatic heterocycles. The minimum absolute atomic E-state index is 0.00133. The number of aromatic amines is 1. The van der Waals surface area contributed by atoms with E-state index in [0.717, 1.165) is 23.0 Å². The first-order valence-electron chi connectivity index (χ1n) is 13.3. The van der Waals surface area contributed by atoms with Crippen molar-refractivity contribution in [2.45, 2.75) is 114 Å². The summed E-state index contributed by atoms with van der Waals surface area (Å²) in [6.45, 7) is 19.9. The molecule has 3 rings (SSSR count). The molecule has 2 aliphatic rings. The van der Waals surface area contributed by atoms with Gasteiger partial charge < -0.3 is 18.8 Å². The number of aromatic nitrogens is 2. The lowest BCUT2D eigenvalue weighted by Gasteiger charge is -2.41. The highest BCUT2D eigenvalue weighted by Gasteiger charge is 2.52. The molecule has 0 aromatic carbocycles. The molecule has 0 amide bonds. The van der Waals surface area contributed by atoms with E-state index in [1.165, 1.54) is 17.6 Å². The van der Waals surface area contributed by atoms with E-state index in [1.54, 1.807) is 6.92 Å². The lowest BCUT2D eigenvalue weighted by Crippen LogP contribution is -2.49. The molecule has 1 aromatic rings. The second-order valence-electron chi connectivity index (χ2n) is 12.6. The SMILES string of the molecule is C=C(C)[C@H]1CC[C@@](C)(S[PH](=S)OC[C@H]2O[C@@H](n3cc(C)c(=O)[nH]c3=O)[C@H](F)C2O[Si](C)(C)C(C)(C)C)[C@H](O)C1. The molecule has 0 radical (unpaired) electrons. The van der Waals surface area contributed by atoms with E-state index >= 15 is 4.39 Å². The van der Waals surface area contributed by atoms with Gasteiger partial charge in [0.25, 0.3) is 5.56 Å². The van der Waals surface area contributed by atoms with Crippen molar-refractivity contribution in [1.82, 2.24) is 9.55 Å². The normalized spacial score (nSPS) is 32.8. The van der Waals surface area contributed by atoms with Crippen LogP contribution in [0.4, 0.5) is 4.39 Å². The van der Waals surface area contributed by atoms with Crippen molar-refractivity contribution in [2.24, 2.45) is 5.92 Å². The Balaban J connectivity index is 1.78. The van der Waals surface area contributed by atoms with Gasteiger partial charge in [0.1, 0.15) is 18.3 Å². The van der Waals surface area contributed by atoms with Gasteiger partial charge in [-0.05, 0) is 64.1 Å². The quantitative estimate of drug-likeness (QED) is 0.220. The Labute approximate surface area is 241 Å². The summed E-state index contributed by atoms with van der Waals surface area (Å²) in [5.74, 6) is 0.300. The van der Waals surface area contributed by atoms with Crippen molar-refractivity contribution in [3.63, 3.8) is 0 Å². The Morgan fingerprint density at radius 2 is 2.08 bits per heavy atom. The molecule has 1 aliphatic carbocycles. The number of nitrogens with zero attached hydrogens (tertiary/aromatic N) is 1. The number of rotatable bonds is 9. The largest absolute Gasteiger partial charge is 0.408 e. The van der Waals surface area contributed by atoms with Crippen LogP contribution in [0.3, 0.4) is 0 Å². The van der Waals surface area contributed by atoms with Crippen molar-refractivity contribution in [3.05, 3.63) is 44.8 Å². The molecule has 1 saturated carbocycles. The number of hydrogen-bond donors (Lipinski definition) is 2. The van der Waals surface area contributed by atoms with Crippen LogP contribution < -0.4 is 11.2 Å². The topological polar surface area (TPSA) is 103 Å².